The molecule has 0 spiro atoms. The van der Waals surface area contributed by atoms with Crippen LogP contribution in [0.5, 0.6) is 0 Å². The number of pyridine rings is 2. The molecule has 0 aliphatic heterocycles. The number of fused-ring (bicyclic) bond motifs is 1. The molecule has 3 aromatic heterocycles. The van der Waals surface area contributed by atoms with Gasteiger partial charge in [0.15, 0.2) is 5.65 Å². The van der Waals surface area contributed by atoms with Crippen LogP contribution in [-0.2, 0) is 0 Å². The lowest BCUT2D eigenvalue weighted by Crippen LogP contribution is -2.10. The zero-order valence-corrected chi connectivity index (χ0v) is 11.2. The van der Waals surface area contributed by atoms with Crippen molar-refractivity contribution in [3.05, 3.63) is 36.4 Å². The summed E-state index contributed by atoms with van der Waals surface area (Å²) in [5.74, 6) is 1.81. The van der Waals surface area contributed by atoms with Crippen LogP contribution in [0.1, 0.15) is 5.82 Å². The second-order valence-electron chi connectivity index (χ2n) is 4.71. The molecule has 3 aromatic rings. The minimum atomic E-state index is 0.753. The molecule has 0 aromatic carbocycles. The predicted octanol–water partition coefficient (Wildman–Crippen LogP) is 2.39. The van der Waals surface area contributed by atoms with Crippen LogP contribution >= 0.6 is 0 Å². The van der Waals surface area contributed by atoms with Gasteiger partial charge in [-0.05, 0) is 30.7 Å². The van der Waals surface area contributed by atoms with Crippen molar-refractivity contribution in [2.24, 2.45) is 0 Å². The number of anilines is 1. The van der Waals surface area contributed by atoms with E-state index < -0.39 is 0 Å². The van der Waals surface area contributed by atoms with E-state index in [1.807, 2.05) is 50.4 Å². The van der Waals surface area contributed by atoms with Gasteiger partial charge in [0.1, 0.15) is 11.6 Å². The number of rotatable bonds is 2. The number of hydrogen-bond acceptors (Lipinski definition) is 4. The second-order valence-corrected chi connectivity index (χ2v) is 4.71. The van der Waals surface area contributed by atoms with Gasteiger partial charge in [0, 0.05) is 32.1 Å². The van der Waals surface area contributed by atoms with Crippen molar-refractivity contribution >= 4 is 17.0 Å². The third-order valence-electron chi connectivity index (χ3n) is 2.99. The molecule has 19 heavy (non-hydrogen) atoms. The van der Waals surface area contributed by atoms with Crippen LogP contribution in [0.4, 0.5) is 5.82 Å². The Labute approximate surface area is 111 Å². The maximum atomic E-state index is 4.38. The lowest BCUT2D eigenvalue weighted by atomic mass is 10.1. The van der Waals surface area contributed by atoms with E-state index in [2.05, 4.69) is 26.0 Å². The van der Waals surface area contributed by atoms with E-state index in [1.165, 1.54) is 0 Å². The average molecular weight is 253 g/mol. The Morgan fingerprint density at radius 3 is 2.74 bits per heavy atom. The van der Waals surface area contributed by atoms with Gasteiger partial charge in [-0.15, -0.1) is 0 Å². The third kappa shape index (κ3) is 2.14. The van der Waals surface area contributed by atoms with Gasteiger partial charge in [0.25, 0.3) is 0 Å². The van der Waals surface area contributed by atoms with Gasteiger partial charge in [0.2, 0.25) is 0 Å². The van der Waals surface area contributed by atoms with E-state index in [1.54, 1.807) is 0 Å². The Kier molecular flexibility index (Phi) is 2.67. The Morgan fingerprint density at radius 1 is 1.11 bits per heavy atom. The van der Waals surface area contributed by atoms with Crippen LogP contribution < -0.4 is 4.90 Å². The first-order chi connectivity index (χ1) is 9.13. The Balaban J connectivity index is 2.10. The smallest absolute Gasteiger partial charge is 0.177 e. The highest BCUT2D eigenvalue weighted by Crippen LogP contribution is 2.23. The monoisotopic (exact) mass is 253 g/mol. The fourth-order valence-electron chi connectivity index (χ4n) is 2.02. The van der Waals surface area contributed by atoms with Crippen LogP contribution in [0, 0.1) is 6.92 Å². The highest BCUT2D eigenvalue weighted by molar-refractivity contribution is 5.78. The number of hydrogen-bond donors (Lipinski definition) is 1. The number of aromatic amines is 1. The number of aromatic nitrogens is 4. The van der Waals surface area contributed by atoms with E-state index in [0.29, 0.717) is 0 Å². The Bertz CT molecular complexity index is 730. The van der Waals surface area contributed by atoms with E-state index in [9.17, 15) is 0 Å². The quantitative estimate of drug-likeness (QED) is 0.762. The third-order valence-corrected chi connectivity index (χ3v) is 2.99. The molecule has 5 nitrogen and oxygen atoms in total. The largest absolute Gasteiger partial charge is 0.363 e. The topological polar surface area (TPSA) is 57.7 Å². The molecule has 3 rings (SSSR count). The summed E-state index contributed by atoms with van der Waals surface area (Å²) in [5.41, 5.74) is 3.86. The number of aryl methyl sites for hydroxylation is 1. The van der Waals surface area contributed by atoms with Crippen LogP contribution in [0.3, 0.4) is 0 Å². The van der Waals surface area contributed by atoms with E-state index in [-0.39, 0.29) is 0 Å². The van der Waals surface area contributed by atoms with Crippen molar-refractivity contribution in [3.8, 4) is 11.1 Å². The van der Waals surface area contributed by atoms with Crippen LogP contribution in [0.25, 0.3) is 22.3 Å². The molecule has 96 valence electrons. The van der Waals surface area contributed by atoms with Gasteiger partial charge in [-0.25, -0.2) is 15.0 Å². The predicted molar refractivity (Wildman–Crippen MR) is 76.2 cm³/mol. The molecule has 3 heterocycles. The molecule has 0 saturated heterocycles. The standard InChI is InChI=1S/C14H15N5/c1-9-17-12-6-11(8-16-14(12)18-9)10-4-5-15-13(7-10)19(2)3/h4-8H,1-3H3,(H,16,17,18). The minimum Gasteiger partial charge on any atom is -0.363 e. The molecule has 0 saturated carbocycles. The molecular formula is C14H15N5. The lowest BCUT2D eigenvalue weighted by Gasteiger charge is -2.12. The Morgan fingerprint density at radius 2 is 1.95 bits per heavy atom. The lowest BCUT2D eigenvalue weighted by molar-refractivity contribution is 1.07. The van der Waals surface area contributed by atoms with Crippen molar-refractivity contribution in [1.82, 2.24) is 19.9 Å². The van der Waals surface area contributed by atoms with Gasteiger partial charge in [-0.2, -0.15) is 0 Å². The van der Waals surface area contributed by atoms with Gasteiger partial charge in [-0.3, -0.25) is 0 Å². The normalized spacial score (nSPS) is 10.9. The summed E-state index contributed by atoms with van der Waals surface area (Å²) in [7, 11) is 3.96. The fraction of sp³-hybridized carbons (Fsp3) is 0.214. The van der Waals surface area contributed by atoms with Gasteiger partial charge >= 0.3 is 0 Å². The van der Waals surface area contributed by atoms with Crippen molar-refractivity contribution in [1.29, 1.82) is 0 Å². The number of H-pyrrole nitrogens is 1. The summed E-state index contributed by atoms with van der Waals surface area (Å²) in [5, 5.41) is 0. The second kappa shape index (κ2) is 4.35. The highest BCUT2D eigenvalue weighted by Gasteiger charge is 2.06. The summed E-state index contributed by atoms with van der Waals surface area (Å²) in [4.78, 5) is 18.2. The summed E-state index contributed by atoms with van der Waals surface area (Å²) >= 11 is 0. The van der Waals surface area contributed by atoms with Crippen molar-refractivity contribution in [3.63, 3.8) is 0 Å². The summed E-state index contributed by atoms with van der Waals surface area (Å²) in [6, 6.07) is 6.10. The molecule has 0 fully saturated rings. The van der Waals surface area contributed by atoms with Crippen molar-refractivity contribution in [2.45, 2.75) is 6.92 Å². The first-order valence-electron chi connectivity index (χ1n) is 6.09. The Hall–Kier alpha value is -2.43. The first kappa shape index (κ1) is 11.6. The zero-order chi connectivity index (χ0) is 13.4. The SMILES string of the molecule is Cc1nc2ncc(-c3ccnc(N(C)C)c3)cc2[nH]1. The maximum Gasteiger partial charge on any atom is 0.177 e. The van der Waals surface area contributed by atoms with Crippen LogP contribution in [0.2, 0.25) is 0 Å². The molecule has 0 unspecified atom stereocenters. The summed E-state index contributed by atoms with van der Waals surface area (Å²) in [6.45, 7) is 1.93. The number of nitrogens with zero attached hydrogens (tertiary/aromatic N) is 4. The molecular weight excluding hydrogens is 238 g/mol. The molecule has 0 atom stereocenters. The van der Waals surface area contributed by atoms with Gasteiger partial charge < -0.3 is 9.88 Å². The van der Waals surface area contributed by atoms with E-state index >= 15 is 0 Å². The molecule has 1 N–H and O–H groups in total. The van der Waals surface area contributed by atoms with Crippen LogP contribution in [-0.4, -0.2) is 34.0 Å². The van der Waals surface area contributed by atoms with E-state index in [0.717, 1.165) is 33.9 Å². The summed E-state index contributed by atoms with van der Waals surface area (Å²) < 4.78 is 0. The molecule has 0 radical (unpaired) electrons. The maximum absolute atomic E-state index is 4.38. The van der Waals surface area contributed by atoms with Gasteiger partial charge in [0.05, 0.1) is 5.52 Å². The van der Waals surface area contributed by atoms with Crippen LogP contribution in [0.15, 0.2) is 30.6 Å². The molecule has 0 amide bonds. The van der Waals surface area contributed by atoms with Gasteiger partial charge in [-0.1, -0.05) is 0 Å². The number of nitrogens with one attached hydrogen (secondary N) is 1. The molecule has 0 bridgehead atoms. The molecule has 0 aliphatic rings. The number of imidazole rings is 1. The molecule has 5 heteroatoms. The van der Waals surface area contributed by atoms with Crippen molar-refractivity contribution in [2.75, 3.05) is 19.0 Å². The first-order valence-corrected chi connectivity index (χ1v) is 6.09. The zero-order valence-electron chi connectivity index (χ0n) is 11.2. The summed E-state index contributed by atoms with van der Waals surface area (Å²) in [6.07, 6.45) is 3.66. The molecule has 0 aliphatic carbocycles. The fourth-order valence-corrected chi connectivity index (χ4v) is 2.02. The van der Waals surface area contributed by atoms with E-state index in [4.69, 9.17) is 0 Å². The average Bonchev–Trinajstić information content (AvgIpc) is 2.77. The van der Waals surface area contributed by atoms with Crippen molar-refractivity contribution < 1.29 is 0 Å². The highest BCUT2D eigenvalue weighted by atomic mass is 15.1. The minimum absolute atomic E-state index is 0.753.